The number of rotatable bonds is 5. The van der Waals surface area contributed by atoms with E-state index in [-0.39, 0.29) is 23.9 Å². The fraction of sp³-hybridized carbons (Fsp3) is 0.435. The van der Waals surface area contributed by atoms with Gasteiger partial charge in [-0.15, -0.1) is 0 Å². The van der Waals surface area contributed by atoms with Gasteiger partial charge in [0.25, 0.3) is 0 Å². The highest BCUT2D eigenvalue weighted by Gasteiger charge is 2.29. The smallest absolute Gasteiger partial charge is 0.230 e. The van der Waals surface area contributed by atoms with Crippen molar-refractivity contribution in [2.75, 3.05) is 18.0 Å². The average molecular weight is 384 g/mol. The molecule has 0 spiro atoms. The molecule has 1 heterocycles. The first-order valence-electron chi connectivity index (χ1n) is 9.80. The zero-order valence-electron chi connectivity index (χ0n) is 17.0. The van der Waals surface area contributed by atoms with Crippen LogP contribution in [0.1, 0.15) is 38.8 Å². The molecule has 1 N–H and O–H groups in total. The molecule has 28 heavy (non-hydrogen) atoms. The van der Waals surface area contributed by atoms with E-state index >= 15 is 0 Å². The lowest BCUT2D eigenvalue weighted by Crippen LogP contribution is -2.45. The first-order valence-corrected chi connectivity index (χ1v) is 9.80. The van der Waals surface area contributed by atoms with Gasteiger partial charge in [0.1, 0.15) is 5.82 Å². The summed E-state index contributed by atoms with van der Waals surface area (Å²) in [6.45, 7) is 9.41. The summed E-state index contributed by atoms with van der Waals surface area (Å²) in [6.07, 6.45) is 0.143. The first kappa shape index (κ1) is 20.3. The fourth-order valence-electron chi connectivity index (χ4n) is 3.68. The van der Waals surface area contributed by atoms with E-state index in [1.807, 2.05) is 69.0 Å². The second-order valence-electron chi connectivity index (χ2n) is 8.12. The zero-order chi connectivity index (χ0) is 20.3. The molecule has 2 atom stereocenters. The third kappa shape index (κ3) is 4.53. The van der Waals surface area contributed by atoms with Crippen molar-refractivity contribution in [3.8, 4) is 0 Å². The summed E-state index contributed by atoms with van der Waals surface area (Å²) in [7, 11) is 0. The molecule has 1 amide bonds. The van der Waals surface area contributed by atoms with Gasteiger partial charge in [0.05, 0.1) is 23.3 Å². The Kier molecular flexibility index (Phi) is 6.04. The predicted molar refractivity (Wildman–Crippen MR) is 110 cm³/mol. The summed E-state index contributed by atoms with van der Waals surface area (Å²) in [5.74, 6) is -0.352. The van der Waals surface area contributed by atoms with Gasteiger partial charge in [-0.25, -0.2) is 4.39 Å². The number of halogens is 1. The van der Waals surface area contributed by atoms with E-state index in [9.17, 15) is 9.18 Å². The Morgan fingerprint density at radius 1 is 1.14 bits per heavy atom. The van der Waals surface area contributed by atoms with Gasteiger partial charge in [0.15, 0.2) is 0 Å². The number of morpholine rings is 1. The molecule has 3 rings (SSSR count). The molecule has 4 nitrogen and oxygen atoms in total. The van der Waals surface area contributed by atoms with Gasteiger partial charge in [-0.05, 0) is 51.0 Å². The largest absolute Gasteiger partial charge is 0.372 e. The number of nitrogens with one attached hydrogen (secondary N) is 1. The van der Waals surface area contributed by atoms with Crippen molar-refractivity contribution in [2.45, 2.75) is 51.9 Å². The number of anilines is 1. The van der Waals surface area contributed by atoms with Crippen LogP contribution in [0.15, 0.2) is 48.5 Å². The van der Waals surface area contributed by atoms with E-state index in [1.54, 1.807) is 6.07 Å². The van der Waals surface area contributed by atoms with Gasteiger partial charge in [-0.2, -0.15) is 0 Å². The second kappa shape index (κ2) is 8.31. The molecule has 150 valence electrons. The maximum atomic E-state index is 14.7. The van der Waals surface area contributed by atoms with Crippen LogP contribution in [0.4, 0.5) is 10.1 Å². The summed E-state index contributed by atoms with van der Waals surface area (Å²) >= 11 is 0. The molecular weight excluding hydrogens is 355 g/mol. The van der Waals surface area contributed by atoms with Crippen LogP contribution in [-0.4, -0.2) is 31.2 Å². The molecule has 1 saturated heterocycles. The molecule has 2 unspecified atom stereocenters. The normalized spacial score (nSPS) is 20.1. The molecule has 2 aromatic carbocycles. The Balaban J connectivity index is 1.65. The highest BCUT2D eigenvalue weighted by atomic mass is 19.1. The lowest BCUT2D eigenvalue weighted by atomic mass is 9.84. The van der Waals surface area contributed by atoms with Gasteiger partial charge in [0.2, 0.25) is 5.91 Å². The minimum absolute atomic E-state index is 0.0716. The van der Waals surface area contributed by atoms with Crippen LogP contribution in [0, 0.1) is 5.82 Å². The summed E-state index contributed by atoms with van der Waals surface area (Å²) in [4.78, 5) is 14.7. The topological polar surface area (TPSA) is 41.6 Å². The van der Waals surface area contributed by atoms with Crippen molar-refractivity contribution < 1.29 is 13.9 Å². The summed E-state index contributed by atoms with van der Waals surface area (Å²) in [6, 6.07) is 14.8. The third-order valence-electron chi connectivity index (χ3n) is 5.29. The van der Waals surface area contributed by atoms with E-state index in [0.29, 0.717) is 25.3 Å². The van der Waals surface area contributed by atoms with Gasteiger partial charge >= 0.3 is 0 Å². The first-order chi connectivity index (χ1) is 13.3. The lowest BCUT2D eigenvalue weighted by molar-refractivity contribution is -0.125. The summed E-state index contributed by atoms with van der Waals surface area (Å²) in [5.41, 5.74) is 1.62. The maximum Gasteiger partial charge on any atom is 0.230 e. The molecule has 1 aliphatic heterocycles. The third-order valence-corrected chi connectivity index (χ3v) is 5.29. The number of ether oxygens (including phenoxy) is 1. The van der Waals surface area contributed by atoms with Gasteiger partial charge in [0, 0.05) is 19.6 Å². The van der Waals surface area contributed by atoms with Crippen LogP contribution in [0.25, 0.3) is 0 Å². The van der Waals surface area contributed by atoms with Gasteiger partial charge < -0.3 is 15.0 Å². The lowest BCUT2D eigenvalue weighted by Gasteiger charge is -2.37. The van der Waals surface area contributed by atoms with Gasteiger partial charge in [-0.1, -0.05) is 36.4 Å². The van der Waals surface area contributed by atoms with Gasteiger partial charge in [-0.3, -0.25) is 4.79 Å². The summed E-state index contributed by atoms with van der Waals surface area (Å²) < 4.78 is 20.4. The van der Waals surface area contributed by atoms with E-state index in [0.717, 1.165) is 11.1 Å². The number of carbonyl (C=O) groups is 1. The minimum Gasteiger partial charge on any atom is -0.372 e. The Morgan fingerprint density at radius 2 is 1.79 bits per heavy atom. The van der Waals surface area contributed by atoms with Crippen molar-refractivity contribution >= 4 is 11.6 Å². The highest BCUT2D eigenvalue weighted by molar-refractivity contribution is 5.87. The molecule has 0 aromatic heterocycles. The van der Waals surface area contributed by atoms with Crippen LogP contribution in [0.2, 0.25) is 0 Å². The van der Waals surface area contributed by atoms with Crippen LogP contribution in [0.3, 0.4) is 0 Å². The molecule has 2 aromatic rings. The number of benzene rings is 2. The predicted octanol–water partition coefficient (Wildman–Crippen LogP) is 4.03. The molecule has 0 radical (unpaired) electrons. The quantitative estimate of drug-likeness (QED) is 0.846. The van der Waals surface area contributed by atoms with Crippen molar-refractivity contribution in [1.29, 1.82) is 0 Å². The monoisotopic (exact) mass is 384 g/mol. The fourth-order valence-corrected chi connectivity index (χ4v) is 3.68. The number of amides is 1. The number of nitrogens with zero attached hydrogens (tertiary/aromatic N) is 1. The standard InChI is InChI=1S/C23H29FN2O2/c1-16-14-26(15-17(2)28-16)21-11-10-18(12-20(21)24)13-25-22(27)23(3,4)19-8-6-5-7-9-19/h5-12,16-17H,13-15H2,1-4H3,(H,25,27). The van der Waals surface area contributed by atoms with Crippen molar-refractivity contribution in [3.05, 3.63) is 65.5 Å². The average Bonchev–Trinajstić information content (AvgIpc) is 2.66. The molecule has 1 aliphatic rings. The molecule has 0 bridgehead atoms. The number of hydrogen-bond donors (Lipinski definition) is 1. The van der Waals surface area contributed by atoms with Crippen LogP contribution in [0.5, 0.6) is 0 Å². The Bertz CT molecular complexity index is 813. The number of carbonyl (C=O) groups excluding carboxylic acids is 1. The van der Waals surface area contributed by atoms with Crippen LogP contribution in [-0.2, 0) is 21.5 Å². The SMILES string of the molecule is CC1CN(c2ccc(CNC(=O)C(C)(C)c3ccccc3)cc2F)CC(C)O1. The number of hydrogen-bond acceptors (Lipinski definition) is 3. The van der Waals surface area contributed by atoms with E-state index in [1.165, 1.54) is 6.07 Å². The Labute approximate surface area is 166 Å². The van der Waals surface area contributed by atoms with Crippen LogP contribution < -0.4 is 10.2 Å². The van der Waals surface area contributed by atoms with Crippen molar-refractivity contribution in [1.82, 2.24) is 5.32 Å². The molecule has 5 heteroatoms. The molecule has 0 saturated carbocycles. The summed E-state index contributed by atoms with van der Waals surface area (Å²) in [5, 5.41) is 2.94. The van der Waals surface area contributed by atoms with E-state index in [2.05, 4.69) is 5.32 Å². The molecule has 0 aliphatic carbocycles. The Morgan fingerprint density at radius 3 is 2.39 bits per heavy atom. The molecular formula is C23H29FN2O2. The van der Waals surface area contributed by atoms with E-state index < -0.39 is 5.41 Å². The zero-order valence-corrected chi connectivity index (χ0v) is 17.0. The second-order valence-corrected chi connectivity index (χ2v) is 8.12. The van der Waals surface area contributed by atoms with Crippen molar-refractivity contribution in [3.63, 3.8) is 0 Å². The Hall–Kier alpha value is -2.40. The highest BCUT2D eigenvalue weighted by Crippen LogP contribution is 2.26. The molecule has 1 fully saturated rings. The minimum atomic E-state index is -0.653. The van der Waals surface area contributed by atoms with E-state index in [4.69, 9.17) is 4.74 Å². The van der Waals surface area contributed by atoms with Crippen LogP contribution >= 0.6 is 0 Å². The maximum absolute atomic E-state index is 14.7. The van der Waals surface area contributed by atoms with Crippen molar-refractivity contribution in [2.24, 2.45) is 0 Å².